The molecule has 3 amide bonds. The normalized spacial score (nSPS) is 25.6. The summed E-state index contributed by atoms with van der Waals surface area (Å²) < 4.78 is 6.06. The number of ether oxygens (including phenoxy) is 1. The van der Waals surface area contributed by atoms with E-state index in [0.717, 1.165) is 30.8 Å². The Bertz CT molecular complexity index is 794. The van der Waals surface area contributed by atoms with Crippen molar-refractivity contribution in [1.29, 1.82) is 0 Å². The summed E-state index contributed by atoms with van der Waals surface area (Å²) >= 11 is 0. The Labute approximate surface area is 165 Å². The van der Waals surface area contributed by atoms with E-state index in [0.29, 0.717) is 31.2 Å². The maximum absolute atomic E-state index is 12.7. The van der Waals surface area contributed by atoms with Crippen LogP contribution in [-0.4, -0.2) is 59.3 Å². The van der Waals surface area contributed by atoms with Crippen LogP contribution in [0, 0.1) is 0 Å². The van der Waals surface area contributed by atoms with Gasteiger partial charge in [0.1, 0.15) is 18.4 Å². The molecule has 150 valence electrons. The summed E-state index contributed by atoms with van der Waals surface area (Å²) in [6, 6.07) is 5.40. The molecule has 0 aliphatic carbocycles. The number of carbonyl (C=O) groups is 3. The largest absolute Gasteiger partial charge is 0.492 e. The van der Waals surface area contributed by atoms with E-state index < -0.39 is 6.04 Å². The molecule has 7 heteroatoms. The van der Waals surface area contributed by atoms with E-state index >= 15 is 0 Å². The fourth-order valence-electron chi connectivity index (χ4n) is 4.50. The lowest BCUT2D eigenvalue weighted by Crippen LogP contribution is -2.52. The molecule has 7 nitrogen and oxygen atoms in total. The number of carbonyl (C=O) groups excluding carboxylic acids is 3. The molecule has 4 rings (SSSR count). The van der Waals surface area contributed by atoms with E-state index in [2.05, 4.69) is 17.1 Å². The van der Waals surface area contributed by atoms with Crippen LogP contribution in [0.5, 0.6) is 5.75 Å². The molecule has 0 bridgehead atoms. The molecule has 2 atom stereocenters. The van der Waals surface area contributed by atoms with Crippen LogP contribution in [0.4, 0.5) is 0 Å². The zero-order chi connectivity index (χ0) is 19.7. The second kappa shape index (κ2) is 7.91. The van der Waals surface area contributed by atoms with Crippen molar-refractivity contribution in [3.8, 4) is 5.75 Å². The van der Waals surface area contributed by atoms with Crippen LogP contribution in [0.15, 0.2) is 18.2 Å². The lowest BCUT2D eigenvalue weighted by molar-refractivity contribution is -0.136. The molecule has 1 N–H and O–H groups in total. The van der Waals surface area contributed by atoms with Gasteiger partial charge in [-0.3, -0.25) is 24.6 Å². The maximum atomic E-state index is 12.7. The number of piperidine rings is 2. The molecule has 0 radical (unpaired) electrons. The van der Waals surface area contributed by atoms with Crippen LogP contribution in [0.1, 0.15) is 54.9 Å². The molecule has 2 fully saturated rings. The third kappa shape index (κ3) is 3.63. The minimum atomic E-state index is -0.581. The second-order valence-electron chi connectivity index (χ2n) is 7.81. The molecule has 0 spiro atoms. The summed E-state index contributed by atoms with van der Waals surface area (Å²) in [6.45, 7) is 5.38. The highest BCUT2D eigenvalue weighted by atomic mass is 16.5. The third-order valence-corrected chi connectivity index (χ3v) is 6.09. The van der Waals surface area contributed by atoms with Gasteiger partial charge in [-0.1, -0.05) is 13.3 Å². The highest BCUT2D eigenvalue weighted by molar-refractivity contribution is 6.05. The summed E-state index contributed by atoms with van der Waals surface area (Å²) in [5, 5.41) is 2.33. The van der Waals surface area contributed by atoms with Gasteiger partial charge in [-0.25, -0.2) is 0 Å². The Morgan fingerprint density at radius 2 is 2.04 bits per heavy atom. The molecule has 3 heterocycles. The molecule has 28 heavy (non-hydrogen) atoms. The lowest BCUT2D eigenvalue weighted by atomic mass is 10.0. The average Bonchev–Trinajstić information content (AvgIpc) is 3.02. The number of imide groups is 1. The summed E-state index contributed by atoms with van der Waals surface area (Å²) in [4.78, 5) is 40.3. The number of nitrogens with one attached hydrogen (secondary N) is 1. The molecular formula is C21H27N3O4. The van der Waals surface area contributed by atoms with E-state index in [1.54, 1.807) is 11.0 Å². The van der Waals surface area contributed by atoms with Gasteiger partial charge in [0, 0.05) is 24.6 Å². The minimum Gasteiger partial charge on any atom is -0.492 e. The number of hydrogen-bond donors (Lipinski definition) is 1. The van der Waals surface area contributed by atoms with Crippen LogP contribution in [0.2, 0.25) is 0 Å². The molecule has 0 unspecified atom stereocenters. The summed E-state index contributed by atoms with van der Waals surface area (Å²) in [6.07, 6.45) is 4.29. The predicted octanol–water partition coefficient (Wildman–Crippen LogP) is 1.70. The fraction of sp³-hybridized carbons (Fsp3) is 0.571. The highest BCUT2D eigenvalue weighted by Crippen LogP contribution is 2.30. The van der Waals surface area contributed by atoms with Gasteiger partial charge < -0.3 is 9.64 Å². The van der Waals surface area contributed by atoms with Crippen LogP contribution in [0.3, 0.4) is 0 Å². The zero-order valence-electron chi connectivity index (χ0n) is 16.3. The van der Waals surface area contributed by atoms with Gasteiger partial charge >= 0.3 is 0 Å². The van der Waals surface area contributed by atoms with Crippen LogP contribution in [0.25, 0.3) is 0 Å². The number of fused-ring (bicyclic) bond motifs is 1. The molecule has 0 aromatic heterocycles. The van der Waals surface area contributed by atoms with Gasteiger partial charge in [0.25, 0.3) is 5.91 Å². The molecule has 3 aliphatic heterocycles. The number of amides is 3. The Morgan fingerprint density at radius 1 is 1.18 bits per heavy atom. The van der Waals surface area contributed by atoms with Crippen LogP contribution in [-0.2, 0) is 16.1 Å². The standard InChI is InChI=1S/C21H27N3O4/c1-2-23-10-4-3-5-15(23)13-28-16-6-7-17-14(11-16)12-24(21(17)27)18-8-9-19(25)22-20(18)26/h6-7,11,15,18H,2-5,8-10,12-13H2,1H3,(H,22,25,26)/t15-,18-/m0/s1. The van der Waals surface area contributed by atoms with Crippen molar-refractivity contribution in [3.05, 3.63) is 29.3 Å². The minimum absolute atomic E-state index is 0.152. The Morgan fingerprint density at radius 3 is 2.82 bits per heavy atom. The van der Waals surface area contributed by atoms with Gasteiger partial charge in [-0.05, 0) is 56.1 Å². The van der Waals surface area contributed by atoms with Gasteiger partial charge in [0.05, 0.1) is 0 Å². The highest BCUT2D eigenvalue weighted by Gasteiger charge is 2.39. The van der Waals surface area contributed by atoms with Crippen molar-refractivity contribution in [2.75, 3.05) is 19.7 Å². The first-order valence-corrected chi connectivity index (χ1v) is 10.2. The molecule has 0 saturated carbocycles. The van der Waals surface area contributed by atoms with Crippen molar-refractivity contribution >= 4 is 17.7 Å². The number of rotatable bonds is 5. The van der Waals surface area contributed by atoms with Crippen LogP contribution < -0.4 is 10.1 Å². The van der Waals surface area contributed by atoms with Gasteiger partial charge in [-0.2, -0.15) is 0 Å². The fourth-order valence-corrected chi connectivity index (χ4v) is 4.50. The Hall–Kier alpha value is -2.41. The summed E-state index contributed by atoms with van der Waals surface area (Å²) in [5.74, 6) is -0.0467. The Balaban J connectivity index is 1.42. The average molecular weight is 385 g/mol. The smallest absolute Gasteiger partial charge is 0.255 e. The lowest BCUT2D eigenvalue weighted by Gasteiger charge is -2.34. The number of nitrogens with zero attached hydrogens (tertiary/aromatic N) is 2. The Kier molecular flexibility index (Phi) is 5.35. The first kappa shape index (κ1) is 18.9. The van der Waals surface area contributed by atoms with Crippen molar-refractivity contribution in [1.82, 2.24) is 15.1 Å². The predicted molar refractivity (Wildman–Crippen MR) is 103 cm³/mol. The molecule has 2 saturated heterocycles. The van der Waals surface area contributed by atoms with Gasteiger partial charge in [-0.15, -0.1) is 0 Å². The first-order chi connectivity index (χ1) is 13.6. The molecule has 3 aliphatic rings. The quantitative estimate of drug-likeness (QED) is 0.781. The van der Waals surface area contributed by atoms with Crippen molar-refractivity contribution in [3.63, 3.8) is 0 Å². The molecular weight excluding hydrogens is 358 g/mol. The number of likely N-dealkylation sites (tertiary alicyclic amines) is 1. The van der Waals surface area contributed by atoms with Crippen molar-refractivity contribution < 1.29 is 19.1 Å². The van der Waals surface area contributed by atoms with E-state index in [-0.39, 0.29) is 24.1 Å². The van der Waals surface area contributed by atoms with E-state index in [9.17, 15) is 14.4 Å². The molecule has 1 aromatic rings. The van der Waals surface area contributed by atoms with Gasteiger partial charge in [0.15, 0.2) is 0 Å². The second-order valence-corrected chi connectivity index (χ2v) is 7.81. The van der Waals surface area contributed by atoms with E-state index in [1.165, 1.54) is 12.8 Å². The van der Waals surface area contributed by atoms with E-state index in [1.807, 2.05) is 12.1 Å². The van der Waals surface area contributed by atoms with Crippen LogP contribution >= 0.6 is 0 Å². The first-order valence-electron chi connectivity index (χ1n) is 10.2. The SMILES string of the molecule is CCN1CCCC[C@H]1COc1ccc2c(c1)CN([C@H]1CCC(=O)NC1=O)C2=O. The van der Waals surface area contributed by atoms with Gasteiger partial charge in [0.2, 0.25) is 11.8 Å². The summed E-state index contributed by atoms with van der Waals surface area (Å²) in [7, 11) is 0. The number of benzene rings is 1. The number of hydrogen-bond acceptors (Lipinski definition) is 5. The van der Waals surface area contributed by atoms with Crippen molar-refractivity contribution in [2.24, 2.45) is 0 Å². The number of likely N-dealkylation sites (N-methyl/N-ethyl adjacent to an activating group) is 1. The zero-order valence-corrected chi connectivity index (χ0v) is 16.3. The maximum Gasteiger partial charge on any atom is 0.255 e. The molecule has 1 aromatic carbocycles. The van der Waals surface area contributed by atoms with Crippen molar-refractivity contribution in [2.45, 2.75) is 57.7 Å². The topological polar surface area (TPSA) is 79.0 Å². The monoisotopic (exact) mass is 385 g/mol. The summed E-state index contributed by atoms with van der Waals surface area (Å²) in [5.41, 5.74) is 1.49. The third-order valence-electron chi connectivity index (χ3n) is 6.09. The van der Waals surface area contributed by atoms with E-state index in [4.69, 9.17) is 4.74 Å².